The molecule has 0 saturated carbocycles. The van der Waals surface area contributed by atoms with Crippen LogP contribution in [0.4, 0.5) is 17.6 Å². The van der Waals surface area contributed by atoms with E-state index in [1.807, 2.05) is 0 Å². The molecular formula is C20H14ClF4NO2. The number of carbonyl (C=O) groups excluding carboxylic acids is 2. The van der Waals surface area contributed by atoms with E-state index in [1.54, 1.807) is 13.8 Å². The molecule has 1 aromatic carbocycles. The quantitative estimate of drug-likeness (QED) is 0.624. The first kappa shape index (κ1) is 20.2. The molecule has 0 N–H and O–H groups in total. The van der Waals surface area contributed by atoms with Crippen molar-refractivity contribution in [3.63, 3.8) is 0 Å². The van der Waals surface area contributed by atoms with E-state index < -0.39 is 29.1 Å². The zero-order valence-electron chi connectivity index (χ0n) is 14.9. The highest BCUT2D eigenvalue weighted by atomic mass is 35.5. The number of fused-ring (bicyclic) bond motifs is 1. The zero-order chi connectivity index (χ0) is 20.8. The number of halogens is 5. The lowest BCUT2D eigenvalue weighted by Crippen LogP contribution is -2.25. The lowest BCUT2D eigenvalue weighted by molar-refractivity contribution is -0.137. The largest absolute Gasteiger partial charge is 0.417 e. The molecule has 0 spiro atoms. The van der Waals surface area contributed by atoms with Crippen molar-refractivity contribution in [3.8, 4) is 0 Å². The van der Waals surface area contributed by atoms with Crippen LogP contribution in [0.3, 0.4) is 0 Å². The minimum Gasteiger partial charge on any atom is -0.289 e. The van der Waals surface area contributed by atoms with E-state index in [-0.39, 0.29) is 45.8 Å². The first-order chi connectivity index (χ1) is 13.0. The number of benzene rings is 1. The molecule has 0 unspecified atom stereocenters. The summed E-state index contributed by atoms with van der Waals surface area (Å²) in [5, 5.41) is -0.284. The van der Waals surface area contributed by atoms with Crippen LogP contribution in [0, 0.1) is 12.7 Å². The molecule has 28 heavy (non-hydrogen) atoms. The third-order valence-corrected chi connectivity index (χ3v) is 4.89. The summed E-state index contributed by atoms with van der Waals surface area (Å²) in [6, 6.07) is 3.32. The number of aromatic nitrogens is 1. The first-order valence-corrected chi connectivity index (χ1v) is 8.75. The summed E-state index contributed by atoms with van der Waals surface area (Å²) in [6.45, 7) is 3.28. The molecule has 146 valence electrons. The molecule has 0 bridgehead atoms. The number of hydrogen-bond donors (Lipinski definition) is 0. The molecule has 3 rings (SSSR count). The van der Waals surface area contributed by atoms with Gasteiger partial charge in [-0.1, -0.05) is 18.5 Å². The standard InChI is InChI=1S/C20H14ClF4NO2/c1-3-11-12(7-16-14(21)6-10(8-26-16)20(23,24)25)19(28)17-13(18(11)27)4-9(2)5-15(17)22/h4-6,8H,3,7H2,1-2H3. The Morgan fingerprint density at radius 1 is 1.07 bits per heavy atom. The Hall–Kier alpha value is -2.54. The topological polar surface area (TPSA) is 47.0 Å². The molecule has 3 nitrogen and oxygen atoms in total. The van der Waals surface area contributed by atoms with Gasteiger partial charge in [-0.3, -0.25) is 14.6 Å². The maximum atomic E-state index is 14.4. The Kier molecular flexibility index (Phi) is 5.14. The van der Waals surface area contributed by atoms with E-state index in [0.29, 0.717) is 17.8 Å². The molecule has 1 aromatic heterocycles. The fourth-order valence-corrected chi connectivity index (χ4v) is 3.45. The van der Waals surface area contributed by atoms with Crippen LogP contribution < -0.4 is 0 Å². The van der Waals surface area contributed by atoms with Gasteiger partial charge in [0.05, 0.1) is 21.8 Å². The molecule has 1 aliphatic carbocycles. The van der Waals surface area contributed by atoms with Crippen molar-refractivity contribution in [1.29, 1.82) is 0 Å². The molecule has 2 aromatic rings. The number of nitrogens with zero attached hydrogens (tertiary/aromatic N) is 1. The van der Waals surface area contributed by atoms with Crippen LogP contribution in [0.5, 0.6) is 0 Å². The highest BCUT2D eigenvalue weighted by Gasteiger charge is 2.35. The van der Waals surface area contributed by atoms with E-state index in [4.69, 9.17) is 11.6 Å². The van der Waals surface area contributed by atoms with Crippen LogP contribution in [0.15, 0.2) is 35.5 Å². The van der Waals surface area contributed by atoms with Gasteiger partial charge in [0.15, 0.2) is 11.6 Å². The highest BCUT2D eigenvalue weighted by molar-refractivity contribution is 6.31. The van der Waals surface area contributed by atoms with Gasteiger partial charge < -0.3 is 0 Å². The van der Waals surface area contributed by atoms with Gasteiger partial charge in [-0.05, 0) is 37.1 Å². The number of hydrogen-bond acceptors (Lipinski definition) is 3. The number of ketones is 2. The molecule has 0 amide bonds. The van der Waals surface area contributed by atoms with E-state index in [9.17, 15) is 27.2 Å². The van der Waals surface area contributed by atoms with Crippen LogP contribution in [0.25, 0.3) is 0 Å². The van der Waals surface area contributed by atoms with E-state index in [0.717, 1.165) is 6.07 Å². The lowest BCUT2D eigenvalue weighted by atomic mass is 9.80. The Balaban J connectivity index is 2.09. The highest BCUT2D eigenvalue weighted by Crippen LogP contribution is 2.35. The van der Waals surface area contributed by atoms with Crippen molar-refractivity contribution in [3.05, 3.63) is 74.3 Å². The first-order valence-electron chi connectivity index (χ1n) is 8.37. The maximum absolute atomic E-state index is 14.4. The Bertz CT molecular complexity index is 1040. The maximum Gasteiger partial charge on any atom is 0.417 e. The van der Waals surface area contributed by atoms with Gasteiger partial charge in [-0.15, -0.1) is 0 Å². The van der Waals surface area contributed by atoms with Crippen molar-refractivity contribution < 1.29 is 27.2 Å². The molecular weight excluding hydrogens is 398 g/mol. The number of aryl methyl sites for hydroxylation is 1. The number of Topliss-reactive ketones (excluding diaryl/α,β-unsaturated/α-hetero) is 2. The second-order valence-electron chi connectivity index (χ2n) is 6.47. The number of alkyl halides is 3. The average molecular weight is 412 g/mol. The van der Waals surface area contributed by atoms with Crippen LogP contribution in [-0.4, -0.2) is 16.6 Å². The fourth-order valence-electron chi connectivity index (χ4n) is 3.22. The van der Waals surface area contributed by atoms with Gasteiger partial charge in [0.1, 0.15) is 5.82 Å². The van der Waals surface area contributed by atoms with Crippen molar-refractivity contribution in [2.24, 2.45) is 0 Å². The molecule has 0 saturated heterocycles. The molecule has 0 aliphatic heterocycles. The molecule has 0 atom stereocenters. The summed E-state index contributed by atoms with van der Waals surface area (Å²) in [7, 11) is 0. The van der Waals surface area contributed by atoms with Gasteiger partial charge in [-0.25, -0.2) is 4.39 Å². The SMILES string of the molecule is CCC1=C(Cc2ncc(C(F)(F)F)cc2Cl)C(=O)c2c(F)cc(C)cc2C1=O. The summed E-state index contributed by atoms with van der Waals surface area (Å²) >= 11 is 5.93. The normalized spacial score (nSPS) is 14.5. The third-order valence-electron chi connectivity index (χ3n) is 4.56. The van der Waals surface area contributed by atoms with Crippen LogP contribution in [0.1, 0.15) is 50.9 Å². The molecule has 0 fully saturated rings. The average Bonchev–Trinajstić information content (AvgIpc) is 2.59. The summed E-state index contributed by atoms with van der Waals surface area (Å²) in [6.07, 6.45) is -4.06. The minimum atomic E-state index is -4.61. The third kappa shape index (κ3) is 3.46. The van der Waals surface area contributed by atoms with Crippen molar-refractivity contribution in [2.75, 3.05) is 0 Å². The number of carbonyl (C=O) groups is 2. The van der Waals surface area contributed by atoms with E-state index >= 15 is 0 Å². The summed E-state index contributed by atoms with van der Waals surface area (Å²) in [4.78, 5) is 29.4. The van der Waals surface area contributed by atoms with E-state index in [1.165, 1.54) is 6.07 Å². The van der Waals surface area contributed by atoms with Crippen molar-refractivity contribution in [1.82, 2.24) is 4.98 Å². The second kappa shape index (κ2) is 7.13. The van der Waals surface area contributed by atoms with Crippen LogP contribution in [-0.2, 0) is 12.6 Å². The second-order valence-corrected chi connectivity index (χ2v) is 6.87. The molecule has 1 heterocycles. The molecule has 0 radical (unpaired) electrons. The lowest BCUT2D eigenvalue weighted by Gasteiger charge is -2.21. The summed E-state index contributed by atoms with van der Waals surface area (Å²) < 4.78 is 52.7. The van der Waals surface area contributed by atoms with Gasteiger partial charge >= 0.3 is 6.18 Å². The van der Waals surface area contributed by atoms with Crippen molar-refractivity contribution >= 4 is 23.2 Å². The Labute approximate surface area is 163 Å². The number of allylic oxidation sites excluding steroid dienone is 2. The summed E-state index contributed by atoms with van der Waals surface area (Å²) in [5.74, 6) is -1.97. The number of rotatable bonds is 3. The molecule has 8 heteroatoms. The van der Waals surface area contributed by atoms with Gasteiger partial charge in [0, 0.05) is 29.3 Å². The Morgan fingerprint density at radius 2 is 1.75 bits per heavy atom. The smallest absolute Gasteiger partial charge is 0.289 e. The van der Waals surface area contributed by atoms with Crippen LogP contribution in [0.2, 0.25) is 5.02 Å². The van der Waals surface area contributed by atoms with Gasteiger partial charge in [0.2, 0.25) is 0 Å². The predicted molar refractivity (Wildman–Crippen MR) is 95.1 cm³/mol. The van der Waals surface area contributed by atoms with Gasteiger partial charge in [0.25, 0.3) is 0 Å². The van der Waals surface area contributed by atoms with Crippen LogP contribution >= 0.6 is 11.6 Å². The van der Waals surface area contributed by atoms with E-state index in [2.05, 4.69) is 4.98 Å². The fraction of sp³-hybridized carbons (Fsp3) is 0.250. The van der Waals surface area contributed by atoms with Gasteiger partial charge in [-0.2, -0.15) is 13.2 Å². The Morgan fingerprint density at radius 3 is 2.32 bits per heavy atom. The zero-order valence-corrected chi connectivity index (χ0v) is 15.6. The minimum absolute atomic E-state index is 0.00286. The van der Waals surface area contributed by atoms with Crippen molar-refractivity contribution in [2.45, 2.75) is 32.9 Å². The predicted octanol–water partition coefficient (Wildman–Crippen LogP) is 5.53. The number of pyridine rings is 1. The summed E-state index contributed by atoms with van der Waals surface area (Å²) in [5.41, 5.74) is -0.669. The monoisotopic (exact) mass is 411 g/mol. The molecule has 1 aliphatic rings.